The summed E-state index contributed by atoms with van der Waals surface area (Å²) < 4.78 is 5.06. The van der Waals surface area contributed by atoms with E-state index in [4.69, 9.17) is 21.4 Å². The van der Waals surface area contributed by atoms with E-state index < -0.39 is 5.97 Å². The van der Waals surface area contributed by atoms with E-state index in [9.17, 15) is 9.59 Å². The summed E-state index contributed by atoms with van der Waals surface area (Å²) in [6, 6.07) is 0. The van der Waals surface area contributed by atoms with Gasteiger partial charge in [-0.3, -0.25) is 9.59 Å². The van der Waals surface area contributed by atoms with Crippen LogP contribution in [0.2, 0.25) is 0 Å². The fraction of sp³-hybridized carbons (Fsp3) is 0.778. The molecule has 0 unspecified atom stereocenters. The smallest absolute Gasteiger partial charge is 0.303 e. The number of halogens is 1. The molecule has 1 rings (SSSR count). The molecule has 88 valence electrons. The molecule has 1 aliphatic rings. The molecule has 0 spiro atoms. The molecule has 1 fully saturated rings. The Labute approximate surface area is 94.0 Å². The number of aliphatic carboxylic acids is 1. The van der Waals surface area contributed by atoms with Gasteiger partial charge in [-0.15, -0.1) is 11.6 Å². The number of carboxylic acids is 1. The van der Waals surface area contributed by atoms with E-state index in [1.165, 1.54) is 0 Å². The quantitative estimate of drug-likeness (QED) is 0.713. The zero-order valence-electron chi connectivity index (χ0n) is 8.74. The van der Waals surface area contributed by atoms with Crippen LogP contribution in [0, 0.1) is 0 Å². The van der Waals surface area contributed by atoms with Crippen molar-refractivity contribution in [3.63, 3.8) is 0 Å². The van der Waals surface area contributed by atoms with Gasteiger partial charge in [-0.1, -0.05) is 6.92 Å². The van der Waals surface area contributed by atoms with E-state index in [0.717, 1.165) is 0 Å². The molecular formula is C9H16ClNO4. The van der Waals surface area contributed by atoms with Gasteiger partial charge >= 0.3 is 5.97 Å². The standard InChI is InChI=1S/C6H10ClNO2.C3H6O2/c7-5-6(9)8-1-3-10-4-2-8;1-2-3(4)5/h1-5H2;2H2,1H3,(H,4,5). The van der Waals surface area contributed by atoms with Crippen LogP contribution in [0.3, 0.4) is 0 Å². The van der Waals surface area contributed by atoms with Crippen molar-refractivity contribution in [3.05, 3.63) is 0 Å². The number of carbonyl (C=O) groups is 2. The van der Waals surface area contributed by atoms with Crippen molar-refractivity contribution in [3.8, 4) is 0 Å². The van der Waals surface area contributed by atoms with Gasteiger partial charge in [0.15, 0.2) is 0 Å². The number of amides is 1. The Kier molecular flexibility index (Phi) is 8.04. The number of morpholine rings is 1. The average Bonchev–Trinajstić information content (AvgIpc) is 2.30. The van der Waals surface area contributed by atoms with Crippen molar-refractivity contribution >= 4 is 23.5 Å². The third-order valence-electron chi connectivity index (χ3n) is 1.78. The van der Waals surface area contributed by atoms with Gasteiger partial charge in [0.05, 0.1) is 13.2 Å². The third kappa shape index (κ3) is 7.16. The molecule has 0 aromatic rings. The second-order valence-corrected chi connectivity index (χ2v) is 3.14. The van der Waals surface area contributed by atoms with Crippen LogP contribution in [0.15, 0.2) is 0 Å². The Morgan fingerprint density at radius 3 is 2.20 bits per heavy atom. The number of carbonyl (C=O) groups excluding carboxylic acids is 1. The molecule has 1 heterocycles. The van der Waals surface area contributed by atoms with Crippen LogP contribution in [-0.2, 0) is 14.3 Å². The summed E-state index contributed by atoms with van der Waals surface area (Å²) >= 11 is 5.35. The molecular weight excluding hydrogens is 222 g/mol. The molecule has 15 heavy (non-hydrogen) atoms. The topological polar surface area (TPSA) is 66.8 Å². The highest BCUT2D eigenvalue weighted by molar-refractivity contribution is 6.27. The second kappa shape index (κ2) is 8.49. The van der Waals surface area contributed by atoms with Crippen LogP contribution in [0.5, 0.6) is 0 Å². The first kappa shape index (κ1) is 14.2. The lowest BCUT2D eigenvalue weighted by Crippen LogP contribution is -2.41. The fourth-order valence-corrected chi connectivity index (χ4v) is 1.07. The lowest BCUT2D eigenvalue weighted by Gasteiger charge is -2.25. The first-order valence-electron chi connectivity index (χ1n) is 4.75. The number of hydrogen-bond donors (Lipinski definition) is 1. The maximum Gasteiger partial charge on any atom is 0.303 e. The number of ether oxygens (including phenoxy) is 1. The van der Waals surface area contributed by atoms with Crippen molar-refractivity contribution in [2.24, 2.45) is 0 Å². The predicted octanol–water partition coefficient (Wildman–Crippen LogP) is 0.565. The van der Waals surface area contributed by atoms with Crippen molar-refractivity contribution in [2.45, 2.75) is 13.3 Å². The van der Waals surface area contributed by atoms with Crippen molar-refractivity contribution in [1.82, 2.24) is 4.90 Å². The van der Waals surface area contributed by atoms with Crippen molar-refractivity contribution < 1.29 is 19.4 Å². The molecule has 0 atom stereocenters. The number of nitrogens with zero attached hydrogens (tertiary/aromatic N) is 1. The largest absolute Gasteiger partial charge is 0.481 e. The Morgan fingerprint density at radius 2 is 1.87 bits per heavy atom. The number of rotatable bonds is 2. The highest BCUT2D eigenvalue weighted by Crippen LogP contribution is 1.97. The fourth-order valence-electron chi connectivity index (χ4n) is 0.897. The van der Waals surface area contributed by atoms with Crippen LogP contribution >= 0.6 is 11.6 Å². The molecule has 1 saturated heterocycles. The Bertz CT molecular complexity index is 204. The maximum atomic E-state index is 10.9. The minimum absolute atomic E-state index is 0.00460. The third-order valence-corrected chi connectivity index (χ3v) is 2.01. The van der Waals surface area contributed by atoms with Crippen molar-refractivity contribution in [1.29, 1.82) is 0 Å². The van der Waals surface area contributed by atoms with Crippen LogP contribution < -0.4 is 0 Å². The van der Waals surface area contributed by atoms with Crippen LogP contribution in [0.25, 0.3) is 0 Å². The first-order valence-corrected chi connectivity index (χ1v) is 5.28. The Hall–Kier alpha value is -0.810. The zero-order valence-corrected chi connectivity index (χ0v) is 9.50. The molecule has 5 nitrogen and oxygen atoms in total. The lowest BCUT2D eigenvalue weighted by atomic mass is 10.4. The Morgan fingerprint density at radius 1 is 1.40 bits per heavy atom. The Balaban J connectivity index is 0.000000336. The predicted molar refractivity (Wildman–Crippen MR) is 56.0 cm³/mol. The average molecular weight is 238 g/mol. The van der Waals surface area contributed by atoms with Crippen LogP contribution in [-0.4, -0.2) is 54.1 Å². The van der Waals surface area contributed by atoms with E-state index in [1.807, 2.05) is 0 Å². The molecule has 1 amide bonds. The van der Waals surface area contributed by atoms with E-state index >= 15 is 0 Å². The summed E-state index contributed by atoms with van der Waals surface area (Å²) in [5.41, 5.74) is 0. The van der Waals surface area contributed by atoms with Gasteiger partial charge in [-0.2, -0.15) is 0 Å². The lowest BCUT2D eigenvalue weighted by molar-refractivity contribution is -0.136. The minimum Gasteiger partial charge on any atom is -0.481 e. The molecule has 0 radical (unpaired) electrons. The zero-order chi connectivity index (χ0) is 11.7. The SMILES string of the molecule is CCC(=O)O.O=C(CCl)N1CCOCC1. The van der Waals surface area contributed by atoms with E-state index in [2.05, 4.69) is 0 Å². The van der Waals surface area contributed by atoms with Gasteiger partial charge in [0.2, 0.25) is 5.91 Å². The summed E-state index contributed by atoms with van der Waals surface area (Å²) in [4.78, 5) is 22.0. The molecule has 0 aromatic heterocycles. The summed E-state index contributed by atoms with van der Waals surface area (Å²) in [7, 11) is 0. The maximum absolute atomic E-state index is 10.9. The van der Waals surface area contributed by atoms with Gasteiger partial charge in [-0.25, -0.2) is 0 Å². The summed E-state index contributed by atoms with van der Waals surface area (Å²) in [5.74, 6) is -0.657. The summed E-state index contributed by atoms with van der Waals surface area (Å²) in [6.07, 6.45) is 0.222. The molecule has 0 bridgehead atoms. The normalized spacial score (nSPS) is 15.2. The highest BCUT2D eigenvalue weighted by Gasteiger charge is 2.14. The van der Waals surface area contributed by atoms with Gasteiger partial charge in [0.1, 0.15) is 5.88 Å². The summed E-state index contributed by atoms with van der Waals surface area (Å²) in [6.45, 7) is 4.25. The van der Waals surface area contributed by atoms with Crippen molar-refractivity contribution in [2.75, 3.05) is 32.2 Å². The van der Waals surface area contributed by atoms with Gasteiger partial charge in [0, 0.05) is 19.5 Å². The van der Waals surface area contributed by atoms with Gasteiger partial charge in [0.25, 0.3) is 0 Å². The molecule has 0 aliphatic carbocycles. The van der Waals surface area contributed by atoms with Crippen LogP contribution in [0.1, 0.15) is 13.3 Å². The van der Waals surface area contributed by atoms with E-state index in [-0.39, 0.29) is 18.2 Å². The monoisotopic (exact) mass is 237 g/mol. The van der Waals surface area contributed by atoms with Gasteiger partial charge in [-0.05, 0) is 0 Å². The van der Waals surface area contributed by atoms with E-state index in [0.29, 0.717) is 26.3 Å². The molecule has 1 N–H and O–H groups in total. The molecule has 6 heteroatoms. The number of carboxylic acid groups (broad SMARTS) is 1. The first-order chi connectivity index (χ1) is 7.11. The highest BCUT2D eigenvalue weighted by atomic mass is 35.5. The minimum atomic E-state index is -0.745. The molecule has 0 aromatic carbocycles. The molecule has 1 aliphatic heterocycles. The van der Waals surface area contributed by atoms with E-state index in [1.54, 1.807) is 11.8 Å². The summed E-state index contributed by atoms with van der Waals surface area (Å²) in [5, 5.41) is 7.72. The number of alkyl halides is 1. The second-order valence-electron chi connectivity index (χ2n) is 2.87. The number of hydrogen-bond acceptors (Lipinski definition) is 3. The molecule has 0 saturated carbocycles. The van der Waals surface area contributed by atoms with Gasteiger partial charge < -0.3 is 14.7 Å². The van der Waals surface area contributed by atoms with Crippen LogP contribution in [0.4, 0.5) is 0 Å².